The van der Waals surface area contributed by atoms with Crippen LogP contribution in [0.3, 0.4) is 0 Å². The number of H-pyrrole nitrogens is 1. The molecule has 1 aliphatic rings. The van der Waals surface area contributed by atoms with E-state index in [-0.39, 0.29) is 28.5 Å². The second-order valence-corrected chi connectivity index (χ2v) is 10.6. The predicted octanol–water partition coefficient (Wildman–Crippen LogP) is 7.93. The molecule has 0 saturated heterocycles. The highest BCUT2D eigenvalue weighted by Crippen LogP contribution is 2.51. The molecule has 0 unspecified atom stereocenters. The molecule has 1 aromatic heterocycles. The first-order valence-electron chi connectivity index (χ1n) is 14.4. The molecule has 6 rings (SSSR count). The molecule has 1 saturated carbocycles. The van der Waals surface area contributed by atoms with E-state index in [2.05, 4.69) is 20.6 Å². The summed E-state index contributed by atoms with van der Waals surface area (Å²) in [7, 11) is 5.66. The van der Waals surface area contributed by atoms with Crippen molar-refractivity contribution in [2.24, 2.45) is 0 Å². The first-order chi connectivity index (χ1) is 22.3. The van der Waals surface area contributed by atoms with Crippen molar-refractivity contribution >= 4 is 34.0 Å². The Bertz CT molecular complexity index is 1940. The molecule has 3 N–H and O–H groups in total. The number of para-hydroxylation sites is 1. The van der Waals surface area contributed by atoms with Crippen LogP contribution in [0, 0.1) is 17.5 Å². The Kier molecular flexibility index (Phi) is 8.37. The number of aromatic amines is 1. The predicted molar refractivity (Wildman–Crippen MR) is 169 cm³/mol. The van der Waals surface area contributed by atoms with Gasteiger partial charge in [0.25, 0.3) is 0 Å². The van der Waals surface area contributed by atoms with Crippen LogP contribution in [-0.4, -0.2) is 45.5 Å². The number of hydroxylamine groups is 1. The Balaban J connectivity index is 1.60. The number of anilines is 3. The van der Waals surface area contributed by atoms with Gasteiger partial charge in [-0.05, 0) is 67.4 Å². The number of methoxy groups -OCH3 is 3. The highest BCUT2D eigenvalue weighted by molar-refractivity contribution is 6.06. The number of nitrogens with one attached hydrogen (secondary N) is 3. The minimum atomic E-state index is -0.670. The molecule has 0 radical (unpaired) electrons. The third-order valence-corrected chi connectivity index (χ3v) is 7.81. The fourth-order valence-corrected chi connectivity index (χ4v) is 5.64. The van der Waals surface area contributed by atoms with Gasteiger partial charge in [-0.2, -0.15) is 0 Å². The Morgan fingerprint density at radius 1 is 0.826 bits per heavy atom. The number of hydrogen-bond acceptors (Lipinski definition) is 6. The second-order valence-electron chi connectivity index (χ2n) is 10.6. The lowest BCUT2D eigenvalue weighted by Gasteiger charge is -2.29. The normalized spacial score (nSPS) is 12.6. The van der Waals surface area contributed by atoms with E-state index in [4.69, 9.17) is 14.2 Å². The van der Waals surface area contributed by atoms with Crippen LogP contribution in [0.1, 0.15) is 12.8 Å². The van der Waals surface area contributed by atoms with Crippen molar-refractivity contribution in [1.29, 1.82) is 0 Å². The number of ether oxygens (including phenoxy) is 3. The Labute approximate surface area is 262 Å². The number of urea groups is 1. The summed E-state index contributed by atoms with van der Waals surface area (Å²) in [5.41, 5.74) is 4.73. The van der Waals surface area contributed by atoms with Crippen LogP contribution in [0.4, 0.5) is 35.0 Å². The van der Waals surface area contributed by atoms with Gasteiger partial charge in [0.1, 0.15) is 28.8 Å². The van der Waals surface area contributed by atoms with Gasteiger partial charge in [0.05, 0.1) is 39.6 Å². The SMILES string of the molecule is CONC(=O)Nc1ccc(-c2cc3c(N(c4c(F)cccc4OC)C4CC4)cc(-c4ccc(OC)cc4F)c(OC)c3[nH]2)c(F)c1. The molecule has 238 valence electrons. The fraction of sp³-hybridized carbons (Fsp3) is 0.206. The maximum atomic E-state index is 15.7. The van der Waals surface area contributed by atoms with Crippen LogP contribution in [0.15, 0.2) is 66.7 Å². The van der Waals surface area contributed by atoms with Gasteiger partial charge in [0.15, 0.2) is 11.6 Å². The van der Waals surface area contributed by atoms with Gasteiger partial charge in [-0.25, -0.2) is 23.4 Å². The van der Waals surface area contributed by atoms with Crippen molar-refractivity contribution in [2.75, 3.05) is 38.7 Å². The number of hydrogen-bond donors (Lipinski definition) is 3. The van der Waals surface area contributed by atoms with E-state index in [0.29, 0.717) is 45.1 Å². The number of fused-ring (bicyclic) bond motifs is 1. The zero-order valence-electron chi connectivity index (χ0n) is 25.5. The summed E-state index contributed by atoms with van der Waals surface area (Å²) in [6.45, 7) is 0. The van der Waals surface area contributed by atoms with Gasteiger partial charge in [-0.1, -0.05) is 6.07 Å². The average molecular weight is 633 g/mol. The summed E-state index contributed by atoms with van der Waals surface area (Å²) in [5.74, 6) is -0.695. The van der Waals surface area contributed by atoms with Crippen molar-refractivity contribution in [3.63, 3.8) is 0 Å². The van der Waals surface area contributed by atoms with Crippen molar-refractivity contribution in [2.45, 2.75) is 18.9 Å². The molecule has 0 aliphatic heterocycles. The molecule has 46 heavy (non-hydrogen) atoms. The Morgan fingerprint density at radius 3 is 2.24 bits per heavy atom. The number of nitrogens with zero attached hydrogens (tertiary/aromatic N) is 1. The van der Waals surface area contributed by atoms with Crippen LogP contribution in [0.2, 0.25) is 0 Å². The molecule has 4 aromatic carbocycles. The summed E-state index contributed by atoms with van der Waals surface area (Å²) in [6, 6.07) is 16.1. The number of amides is 2. The molecule has 0 bridgehead atoms. The molecular formula is C34H31F3N4O5. The molecule has 2 amide bonds. The highest BCUT2D eigenvalue weighted by atomic mass is 19.1. The zero-order chi connectivity index (χ0) is 32.5. The van der Waals surface area contributed by atoms with Crippen LogP contribution in [-0.2, 0) is 4.84 Å². The van der Waals surface area contributed by atoms with Gasteiger partial charge < -0.3 is 29.4 Å². The van der Waals surface area contributed by atoms with Crippen molar-refractivity contribution in [3.8, 4) is 39.6 Å². The number of benzene rings is 4. The molecule has 9 nitrogen and oxygen atoms in total. The van der Waals surface area contributed by atoms with E-state index in [1.165, 1.54) is 58.8 Å². The molecular weight excluding hydrogens is 601 g/mol. The number of carbonyl (C=O) groups is 1. The zero-order valence-corrected chi connectivity index (χ0v) is 25.5. The molecule has 5 aromatic rings. The van der Waals surface area contributed by atoms with Gasteiger partial charge in [0, 0.05) is 45.6 Å². The average Bonchev–Trinajstić information content (AvgIpc) is 3.78. The second kappa shape index (κ2) is 12.6. The molecule has 0 atom stereocenters. The topological polar surface area (TPSA) is 97.1 Å². The molecule has 12 heteroatoms. The third kappa shape index (κ3) is 5.63. The summed E-state index contributed by atoms with van der Waals surface area (Å²) >= 11 is 0. The molecule has 1 aliphatic carbocycles. The summed E-state index contributed by atoms with van der Waals surface area (Å²) < 4.78 is 63.5. The smallest absolute Gasteiger partial charge is 0.343 e. The lowest BCUT2D eigenvalue weighted by molar-refractivity contribution is 0.114. The highest BCUT2D eigenvalue weighted by Gasteiger charge is 2.36. The first kappa shape index (κ1) is 30.7. The lowest BCUT2D eigenvalue weighted by atomic mass is 9.99. The monoisotopic (exact) mass is 632 g/mol. The standard InChI is InChI=1S/C34H31F3N4O5/c1-43-20-11-13-21(27(37)15-20)23-17-29(41(19-9-10-19)32-25(35)6-5-7-30(32)44-2)24-16-28(39-31(24)33(23)45-3)22-12-8-18(14-26(22)36)38-34(42)40-46-4/h5-8,11-17,19,39H,9-10H2,1-4H3,(H2,38,40,42). The summed E-state index contributed by atoms with van der Waals surface area (Å²) in [4.78, 5) is 21.6. The van der Waals surface area contributed by atoms with Crippen LogP contribution >= 0.6 is 0 Å². The van der Waals surface area contributed by atoms with Gasteiger partial charge in [-0.3, -0.25) is 4.84 Å². The lowest BCUT2D eigenvalue weighted by Crippen LogP contribution is -2.27. The quantitative estimate of drug-likeness (QED) is 0.135. The largest absolute Gasteiger partial charge is 0.497 e. The number of carbonyl (C=O) groups excluding carboxylic acids is 1. The van der Waals surface area contributed by atoms with Crippen molar-refractivity contribution < 1.29 is 37.0 Å². The molecule has 0 spiro atoms. The van der Waals surface area contributed by atoms with Crippen molar-refractivity contribution in [1.82, 2.24) is 10.5 Å². The fourth-order valence-electron chi connectivity index (χ4n) is 5.64. The van der Waals surface area contributed by atoms with E-state index in [1.54, 1.807) is 36.4 Å². The number of rotatable bonds is 10. The van der Waals surface area contributed by atoms with E-state index < -0.39 is 23.5 Å². The van der Waals surface area contributed by atoms with Crippen LogP contribution in [0.25, 0.3) is 33.3 Å². The number of aromatic nitrogens is 1. The maximum Gasteiger partial charge on any atom is 0.343 e. The van der Waals surface area contributed by atoms with E-state index in [0.717, 1.165) is 12.8 Å². The summed E-state index contributed by atoms with van der Waals surface area (Å²) in [6.07, 6.45) is 1.57. The van der Waals surface area contributed by atoms with E-state index in [1.807, 2.05) is 4.90 Å². The Hall–Kier alpha value is -5.36. The third-order valence-electron chi connectivity index (χ3n) is 7.81. The van der Waals surface area contributed by atoms with Crippen LogP contribution < -0.4 is 29.9 Å². The Morgan fingerprint density at radius 2 is 1.59 bits per heavy atom. The van der Waals surface area contributed by atoms with Gasteiger partial charge in [0.2, 0.25) is 0 Å². The minimum Gasteiger partial charge on any atom is -0.497 e. The first-order valence-corrected chi connectivity index (χ1v) is 14.4. The summed E-state index contributed by atoms with van der Waals surface area (Å²) in [5, 5.41) is 3.07. The van der Waals surface area contributed by atoms with Gasteiger partial charge in [-0.15, -0.1) is 0 Å². The van der Waals surface area contributed by atoms with E-state index in [9.17, 15) is 4.79 Å². The minimum absolute atomic E-state index is 0.0744. The van der Waals surface area contributed by atoms with Gasteiger partial charge >= 0.3 is 6.03 Å². The maximum absolute atomic E-state index is 15.7. The van der Waals surface area contributed by atoms with Crippen molar-refractivity contribution in [3.05, 3.63) is 84.2 Å². The molecule has 1 heterocycles. The van der Waals surface area contributed by atoms with E-state index >= 15 is 13.2 Å². The molecule has 1 fully saturated rings. The van der Waals surface area contributed by atoms with Crippen LogP contribution in [0.5, 0.6) is 17.2 Å². The number of halogens is 3.